The first-order valence-electron chi connectivity index (χ1n) is 6.15. The highest BCUT2D eigenvalue weighted by atomic mass is 32.1. The fourth-order valence-corrected chi connectivity index (χ4v) is 2.55. The number of aliphatic hydroxyl groups excluding tert-OH is 1. The molecule has 1 aromatic heterocycles. The van der Waals surface area contributed by atoms with Gasteiger partial charge in [-0.25, -0.2) is 9.37 Å². The maximum absolute atomic E-state index is 12.8. The second-order valence-corrected chi connectivity index (χ2v) is 5.77. The lowest BCUT2D eigenvalue weighted by atomic mass is 10.1. The van der Waals surface area contributed by atoms with Crippen molar-refractivity contribution >= 4 is 11.3 Å². The van der Waals surface area contributed by atoms with Crippen LogP contribution in [0.3, 0.4) is 0 Å². The van der Waals surface area contributed by atoms with Gasteiger partial charge < -0.3 is 10.4 Å². The smallest absolute Gasteiger partial charge is 0.123 e. The summed E-state index contributed by atoms with van der Waals surface area (Å²) < 4.78 is 12.8. The molecule has 0 unspecified atom stereocenters. The minimum Gasteiger partial charge on any atom is -0.387 e. The predicted octanol–water partition coefficient (Wildman–Crippen LogP) is 2.97. The van der Waals surface area contributed by atoms with Crippen LogP contribution in [0.5, 0.6) is 0 Å². The molecule has 0 bridgehead atoms. The molecular formula is C14H17FN2OS. The summed E-state index contributed by atoms with van der Waals surface area (Å²) in [5, 5.41) is 14.2. The number of benzene rings is 1. The van der Waals surface area contributed by atoms with Crippen LogP contribution in [-0.2, 0) is 0 Å². The second-order valence-electron chi connectivity index (χ2n) is 4.51. The number of thiazole rings is 1. The van der Waals surface area contributed by atoms with Crippen molar-refractivity contribution in [2.75, 3.05) is 6.54 Å². The molecule has 1 heterocycles. The lowest BCUT2D eigenvalue weighted by Crippen LogP contribution is -2.24. The number of nitrogens with one attached hydrogen (secondary N) is 1. The van der Waals surface area contributed by atoms with Gasteiger partial charge in [0.05, 0.1) is 12.1 Å². The Morgan fingerprint density at radius 2 is 2.05 bits per heavy atom. The van der Waals surface area contributed by atoms with Crippen molar-refractivity contribution in [3.8, 4) is 0 Å². The molecule has 1 aromatic carbocycles. The minimum atomic E-state index is -0.649. The molecule has 2 N–H and O–H groups in total. The average Bonchev–Trinajstić information content (AvgIpc) is 2.83. The predicted molar refractivity (Wildman–Crippen MR) is 74.6 cm³/mol. The molecule has 0 amide bonds. The van der Waals surface area contributed by atoms with Gasteiger partial charge in [0.25, 0.3) is 0 Å². The molecule has 0 saturated heterocycles. The standard InChI is InChI=1S/C14H17FN2OS/c1-9-7-17-14(19-9)10(2)16-8-13(18)11-3-5-12(15)6-4-11/h3-7,10,13,16,18H,8H2,1-2H3/t10-,13-/m0/s1. The van der Waals surface area contributed by atoms with Gasteiger partial charge in [-0.05, 0) is 31.5 Å². The van der Waals surface area contributed by atoms with Crippen molar-refractivity contribution in [3.63, 3.8) is 0 Å². The molecule has 2 rings (SSSR count). The van der Waals surface area contributed by atoms with Crippen molar-refractivity contribution < 1.29 is 9.50 Å². The minimum absolute atomic E-state index is 0.0915. The molecule has 0 saturated carbocycles. The number of aliphatic hydroxyl groups is 1. The van der Waals surface area contributed by atoms with Crippen molar-refractivity contribution in [1.29, 1.82) is 0 Å². The molecule has 0 spiro atoms. The Labute approximate surface area is 116 Å². The Morgan fingerprint density at radius 3 is 2.63 bits per heavy atom. The molecule has 0 fully saturated rings. The fraction of sp³-hybridized carbons (Fsp3) is 0.357. The molecule has 3 nitrogen and oxygen atoms in total. The summed E-state index contributed by atoms with van der Waals surface area (Å²) in [5.74, 6) is -0.296. The number of halogens is 1. The van der Waals surface area contributed by atoms with E-state index < -0.39 is 6.10 Å². The van der Waals surface area contributed by atoms with Crippen LogP contribution in [0.4, 0.5) is 4.39 Å². The highest BCUT2D eigenvalue weighted by molar-refractivity contribution is 7.11. The first-order chi connectivity index (χ1) is 9.06. The summed E-state index contributed by atoms with van der Waals surface area (Å²) in [6.45, 7) is 4.43. The van der Waals surface area contributed by atoms with Crippen molar-refractivity contribution in [1.82, 2.24) is 10.3 Å². The van der Waals surface area contributed by atoms with E-state index in [4.69, 9.17) is 0 Å². The van der Waals surface area contributed by atoms with E-state index in [2.05, 4.69) is 10.3 Å². The zero-order chi connectivity index (χ0) is 13.8. The number of rotatable bonds is 5. The van der Waals surface area contributed by atoms with Crippen LogP contribution in [0, 0.1) is 12.7 Å². The highest BCUT2D eigenvalue weighted by Gasteiger charge is 2.12. The largest absolute Gasteiger partial charge is 0.387 e. The van der Waals surface area contributed by atoms with E-state index in [1.165, 1.54) is 17.0 Å². The Balaban J connectivity index is 1.89. The summed E-state index contributed by atoms with van der Waals surface area (Å²) in [6, 6.07) is 5.99. The van der Waals surface area contributed by atoms with Gasteiger partial charge in [-0.3, -0.25) is 0 Å². The first kappa shape index (κ1) is 14.1. The van der Waals surface area contributed by atoms with E-state index in [0.29, 0.717) is 12.1 Å². The summed E-state index contributed by atoms with van der Waals surface area (Å²) >= 11 is 1.64. The lowest BCUT2D eigenvalue weighted by Gasteiger charge is -2.15. The van der Waals surface area contributed by atoms with E-state index in [1.807, 2.05) is 20.0 Å². The maximum Gasteiger partial charge on any atom is 0.123 e. The van der Waals surface area contributed by atoms with Gasteiger partial charge in [0.2, 0.25) is 0 Å². The van der Waals surface area contributed by atoms with E-state index in [0.717, 1.165) is 5.01 Å². The zero-order valence-corrected chi connectivity index (χ0v) is 11.7. The van der Waals surface area contributed by atoms with Crippen LogP contribution in [-0.4, -0.2) is 16.6 Å². The normalized spacial score (nSPS) is 14.3. The van der Waals surface area contributed by atoms with Gasteiger partial charge >= 0.3 is 0 Å². The van der Waals surface area contributed by atoms with E-state index in [9.17, 15) is 9.50 Å². The number of hydrogen-bond donors (Lipinski definition) is 2. The molecule has 2 aromatic rings. The van der Waals surface area contributed by atoms with Gasteiger partial charge in [-0.15, -0.1) is 11.3 Å². The molecule has 0 aliphatic carbocycles. The number of hydrogen-bond acceptors (Lipinski definition) is 4. The average molecular weight is 280 g/mol. The lowest BCUT2D eigenvalue weighted by molar-refractivity contribution is 0.170. The molecule has 5 heteroatoms. The molecule has 0 aliphatic heterocycles. The van der Waals surface area contributed by atoms with Crippen molar-refractivity contribution in [2.24, 2.45) is 0 Å². The Bertz CT molecular complexity index is 526. The quantitative estimate of drug-likeness (QED) is 0.885. The summed E-state index contributed by atoms with van der Waals surface area (Å²) in [7, 11) is 0. The van der Waals surface area contributed by atoms with E-state index in [1.54, 1.807) is 23.5 Å². The van der Waals surface area contributed by atoms with Crippen LogP contribution in [0.1, 0.15) is 34.5 Å². The number of nitrogens with zero attached hydrogens (tertiary/aromatic N) is 1. The summed E-state index contributed by atoms with van der Waals surface area (Å²) in [4.78, 5) is 5.47. The monoisotopic (exact) mass is 280 g/mol. The fourth-order valence-electron chi connectivity index (χ4n) is 1.75. The van der Waals surface area contributed by atoms with Crippen LogP contribution < -0.4 is 5.32 Å². The second kappa shape index (κ2) is 6.23. The van der Waals surface area contributed by atoms with E-state index in [-0.39, 0.29) is 11.9 Å². The highest BCUT2D eigenvalue weighted by Crippen LogP contribution is 2.20. The Morgan fingerprint density at radius 1 is 1.37 bits per heavy atom. The van der Waals surface area contributed by atoms with Gasteiger partial charge in [-0.1, -0.05) is 12.1 Å². The Hall–Kier alpha value is -1.30. The van der Waals surface area contributed by atoms with Crippen LogP contribution >= 0.6 is 11.3 Å². The molecular weight excluding hydrogens is 263 g/mol. The van der Waals surface area contributed by atoms with Gasteiger partial charge in [0.1, 0.15) is 10.8 Å². The van der Waals surface area contributed by atoms with Crippen LogP contribution in [0.25, 0.3) is 0 Å². The molecule has 19 heavy (non-hydrogen) atoms. The van der Waals surface area contributed by atoms with E-state index >= 15 is 0 Å². The van der Waals surface area contributed by atoms with Crippen LogP contribution in [0.15, 0.2) is 30.5 Å². The van der Waals surface area contributed by atoms with Gasteiger partial charge in [0.15, 0.2) is 0 Å². The third kappa shape index (κ3) is 3.83. The molecule has 102 valence electrons. The first-order valence-corrected chi connectivity index (χ1v) is 6.97. The van der Waals surface area contributed by atoms with Gasteiger partial charge in [-0.2, -0.15) is 0 Å². The van der Waals surface area contributed by atoms with Crippen LogP contribution in [0.2, 0.25) is 0 Å². The summed E-state index contributed by atoms with van der Waals surface area (Å²) in [5.41, 5.74) is 0.705. The van der Waals surface area contributed by atoms with Gasteiger partial charge in [0, 0.05) is 17.6 Å². The third-order valence-corrected chi connectivity index (χ3v) is 3.98. The van der Waals surface area contributed by atoms with Crippen molar-refractivity contribution in [2.45, 2.75) is 26.0 Å². The third-order valence-electron chi connectivity index (χ3n) is 2.88. The topological polar surface area (TPSA) is 45.2 Å². The molecule has 0 aliphatic rings. The zero-order valence-electron chi connectivity index (χ0n) is 10.9. The Kier molecular flexibility index (Phi) is 4.63. The SMILES string of the molecule is Cc1cnc([C@H](C)NC[C@H](O)c2ccc(F)cc2)s1. The van der Waals surface area contributed by atoms with Crippen molar-refractivity contribution in [3.05, 3.63) is 51.7 Å². The molecule has 2 atom stereocenters. The number of aryl methyl sites for hydroxylation is 1. The number of aromatic nitrogens is 1. The maximum atomic E-state index is 12.8. The molecule has 0 radical (unpaired) electrons. The summed E-state index contributed by atoms with van der Waals surface area (Å²) in [6.07, 6.45) is 1.19.